The summed E-state index contributed by atoms with van der Waals surface area (Å²) in [6, 6.07) is 5.87. The molecule has 150 valence electrons. The first-order valence-corrected chi connectivity index (χ1v) is 8.30. The Bertz CT molecular complexity index is 606. The molecule has 1 aromatic carbocycles. The summed E-state index contributed by atoms with van der Waals surface area (Å²) in [7, 11) is 0. The van der Waals surface area contributed by atoms with E-state index >= 15 is 0 Å². The topological polar surface area (TPSA) is 85.3 Å². The van der Waals surface area contributed by atoms with Crippen LogP contribution in [-0.2, 0) is 30.5 Å². The normalized spacial score (nSPS) is 19.9. The first-order valence-electron chi connectivity index (χ1n) is 8.30. The smallest absolute Gasteiger partial charge is 0.417 e. The Balaban J connectivity index is 2.17. The molecular weight excluding hydrogens is 371 g/mol. The monoisotopic (exact) mass is 391 g/mol. The molecule has 0 spiro atoms. The molecular formula is C17H20F3NO6. The quantitative estimate of drug-likeness (QED) is 0.514. The fraction of sp³-hybridized carbons (Fsp3) is 0.529. The zero-order chi connectivity index (χ0) is 19.9. The summed E-state index contributed by atoms with van der Waals surface area (Å²) in [6.45, 7) is -0.0667. The van der Waals surface area contributed by atoms with Gasteiger partial charge in [-0.05, 0) is 24.8 Å². The lowest BCUT2D eigenvalue weighted by Crippen LogP contribution is -2.56. The average molecular weight is 391 g/mol. The van der Waals surface area contributed by atoms with Crippen molar-refractivity contribution in [2.75, 3.05) is 6.61 Å². The number of halogens is 3. The van der Waals surface area contributed by atoms with E-state index < -0.39 is 30.6 Å². The molecule has 7 nitrogen and oxygen atoms in total. The summed E-state index contributed by atoms with van der Waals surface area (Å²) < 4.78 is 50.5. The first kappa shape index (κ1) is 21.1. The summed E-state index contributed by atoms with van der Waals surface area (Å²) >= 11 is 0. The number of carbonyl (C=O) groups is 2. The SMILES string of the molecule is O=CN(OCc1ccccc1)C(C(=O)O)C(OC1CCCCO1)C(F)(F)F. The summed E-state index contributed by atoms with van der Waals surface area (Å²) in [5.41, 5.74) is 0.550. The number of hydrogen-bond donors (Lipinski definition) is 1. The molecule has 0 saturated carbocycles. The van der Waals surface area contributed by atoms with Crippen molar-refractivity contribution >= 4 is 12.4 Å². The van der Waals surface area contributed by atoms with Gasteiger partial charge < -0.3 is 14.6 Å². The van der Waals surface area contributed by atoms with Crippen molar-refractivity contribution in [2.45, 2.75) is 50.5 Å². The maximum absolute atomic E-state index is 13.5. The molecule has 0 bridgehead atoms. The van der Waals surface area contributed by atoms with E-state index in [9.17, 15) is 27.9 Å². The number of amides is 1. The van der Waals surface area contributed by atoms with E-state index in [0.717, 1.165) is 0 Å². The molecule has 0 aromatic heterocycles. The Morgan fingerprint density at radius 1 is 1.33 bits per heavy atom. The Labute approximate surface area is 153 Å². The molecule has 1 aliphatic heterocycles. The van der Waals surface area contributed by atoms with Crippen LogP contribution in [0.4, 0.5) is 13.2 Å². The third kappa shape index (κ3) is 6.19. The maximum atomic E-state index is 13.5. The van der Waals surface area contributed by atoms with Crippen molar-refractivity contribution in [1.29, 1.82) is 0 Å². The van der Waals surface area contributed by atoms with Gasteiger partial charge in [-0.1, -0.05) is 30.3 Å². The van der Waals surface area contributed by atoms with Gasteiger partial charge in [0, 0.05) is 6.61 Å². The first-order chi connectivity index (χ1) is 12.8. The second-order valence-corrected chi connectivity index (χ2v) is 5.90. The summed E-state index contributed by atoms with van der Waals surface area (Å²) in [4.78, 5) is 27.8. The van der Waals surface area contributed by atoms with Crippen molar-refractivity contribution in [3.8, 4) is 0 Å². The van der Waals surface area contributed by atoms with Crippen LogP contribution in [0.5, 0.6) is 0 Å². The van der Waals surface area contributed by atoms with Crippen LogP contribution in [-0.4, -0.2) is 53.8 Å². The van der Waals surface area contributed by atoms with Crippen molar-refractivity contribution in [2.24, 2.45) is 0 Å². The zero-order valence-corrected chi connectivity index (χ0v) is 14.3. The van der Waals surface area contributed by atoms with Crippen LogP contribution in [0.2, 0.25) is 0 Å². The zero-order valence-electron chi connectivity index (χ0n) is 14.3. The molecule has 0 aliphatic carbocycles. The van der Waals surface area contributed by atoms with E-state index in [1.165, 1.54) is 0 Å². The fourth-order valence-corrected chi connectivity index (χ4v) is 2.58. The van der Waals surface area contributed by atoms with Crippen molar-refractivity contribution in [3.63, 3.8) is 0 Å². The summed E-state index contributed by atoms with van der Waals surface area (Å²) in [6.07, 6.45) is -7.69. The minimum absolute atomic E-state index is 0.106. The lowest BCUT2D eigenvalue weighted by molar-refractivity contribution is -0.308. The van der Waals surface area contributed by atoms with E-state index in [0.29, 0.717) is 18.4 Å². The van der Waals surface area contributed by atoms with Gasteiger partial charge in [-0.2, -0.15) is 13.2 Å². The molecule has 1 aromatic rings. The number of carboxylic acid groups (broad SMARTS) is 1. The van der Waals surface area contributed by atoms with E-state index in [4.69, 9.17) is 14.3 Å². The lowest BCUT2D eigenvalue weighted by atomic mass is 10.1. The third-order valence-corrected chi connectivity index (χ3v) is 3.90. The summed E-state index contributed by atoms with van der Waals surface area (Å²) in [5, 5.41) is 9.46. The minimum atomic E-state index is -5.05. The number of alkyl halides is 3. The maximum Gasteiger partial charge on any atom is 0.417 e. The Morgan fingerprint density at radius 2 is 2.04 bits per heavy atom. The van der Waals surface area contributed by atoms with Gasteiger partial charge in [-0.25, -0.2) is 9.86 Å². The largest absolute Gasteiger partial charge is 0.480 e. The number of carboxylic acids is 1. The van der Waals surface area contributed by atoms with Gasteiger partial charge in [0.15, 0.2) is 18.4 Å². The minimum Gasteiger partial charge on any atom is -0.480 e. The second kappa shape index (κ2) is 9.67. The predicted octanol–water partition coefficient (Wildman–Crippen LogP) is 2.50. The van der Waals surface area contributed by atoms with Crippen LogP contribution in [0, 0.1) is 0 Å². The Hall–Kier alpha value is -2.17. The highest BCUT2D eigenvalue weighted by Gasteiger charge is 2.53. The molecule has 1 amide bonds. The van der Waals surface area contributed by atoms with E-state index in [2.05, 4.69) is 0 Å². The van der Waals surface area contributed by atoms with Crippen LogP contribution in [0.1, 0.15) is 24.8 Å². The van der Waals surface area contributed by atoms with Crippen LogP contribution >= 0.6 is 0 Å². The van der Waals surface area contributed by atoms with Crippen molar-refractivity contribution < 1.29 is 42.2 Å². The molecule has 10 heteroatoms. The number of ether oxygens (including phenoxy) is 2. The number of carbonyl (C=O) groups excluding carboxylic acids is 1. The molecule has 1 aliphatic rings. The van der Waals surface area contributed by atoms with Gasteiger partial charge >= 0.3 is 12.1 Å². The van der Waals surface area contributed by atoms with Crippen LogP contribution in [0.3, 0.4) is 0 Å². The highest BCUT2D eigenvalue weighted by atomic mass is 19.4. The number of aliphatic carboxylic acids is 1. The van der Waals surface area contributed by atoms with E-state index in [-0.39, 0.29) is 31.1 Å². The van der Waals surface area contributed by atoms with Gasteiger partial charge in [-0.3, -0.25) is 9.63 Å². The molecule has 1 fully saturated rings. The molecule has 1 saturated heterocycles. The lowest BCUT2D eigenvalue weighted by Gasteiger charge is -2.34. The average Bonchev–Trinajstić information content (AvgIpc) is 2.64. The molecule has 3 unspecified atom stereocenters. The standard InChI is InChI=1S/C17H20F3NO6/c18-17(19,20)15(27-13-8-4-5-9-25-13)14(16(23)24)21(11-22)26-10-12-6-2-1-3-7-12/h1-3,6-7,11,13-15H,4-5,8-10H2,(H,23,24). The number of hydroxylamine groups is 2. The van der Waals surface area contributed by atoms with Gasteiger partial charge in [0.2, 0.25) is 6.41 Å². The summed E-state index contributed by atoms with van der Waals surface area (Å²) in [5.74, 6) is -1.91. The van der Waals surface area contributed by atoms with Gasteiger partial charge in [0.05, 0.1) is 0 Å². The molecule has 0 radical (unpaired) electrons. The predicted molar refractivity (Wildman–Crippen MR) is 85.1 cm³/mol. The fourth-order valence-electron chi connectivity index (χ4n) is 2.58. The number of benzene rings is 1. The number of nitrogens with zero attached hydrogens (tertiary/aromatic N) is 1. The molecule has 27 heavy (non-hydrogen) atoms. The molecule has 3 atom stereocenters. The van der Waals surface area contributed by atoms with Gasteiger partial charge in [0.1, 0.15) is 6.61 Å². The van der Waals surface area contributed by atoms with E-state index in [1.54, 1.807) is 30.3 Å². The van der Waals surface area contributed by atoms with Gasteiger partial charge in [-0.15, -0.1) is 0 Å². The van der Waals surface area contributed by atoms with Crippen LogP contribution in [0.15, 0.2) is 30.3 Å². The van der Waals surface area contributed by atoms with Crippen molar-refractivity contribution in [3.05, 3.63) is 35.9 Å². The Morgan fingerprint density at radius 3 is 2.56 bits per heavy atom. The third-order valence-electron chi connectivity index (χ3n) is 3.90. The second-order valence-electron chi connectivity index (χ2n) is 5.90. The Kier molecular flexibility index (Phi) is 7.57. The number of rotatable bonds is 9. The van der Waals surface area contributed by atoms with Gasteiger partial charge in [0.25, 0.3) is 0 Å². The van der Waals surface area contributed by atoms with Crippen LogP contribution < -0.4 is 0 Å². The van der Waals surface area contributed by atoms with E-state index in [1.807, 2.05) is 0 Å². The number of hydrogen-bond acceptors (Lipinski definition) is 5. The molecule has 2 rings (SSSR count). The highest BCUT2D eigenvalue weighted by Crippen LogP contribution is 2.31. The molecule has 1 N–H and O–H groups in total. The van der Waals surface area contributed by atoms with Crippen LogP contribution in [0.25, 0.3) is 0 Å². The molecule has 1 heterocycles. The highest BCUT2D eigenvalue weighted by molar-refractivity contribution is 5.76. The van der Waals surface area contributed by atoms with Crippen molar-refractivity contribution in [1.82, 2.24) is 5.06 Å².